The van der Waals surface area contributed by atoms with Crippen LogP contribution in [0.5, 0.6) is 0 Å². The molecule has 0 aliphatic rings. The van der Waals surface area contributed by atoms with Crippen LogP contribution in [-0.4, -0.2) is 19.9 Å². The van der Waals surface area contributed by atoms with E-state index in [0.717, 1.165) is 24.1 Å². The molecule has 0 radical (unpaired) electrons. The van der Waals surface area contributed by atoms with Gasteiger partial charge in [-0.25, -0.2) is 13.4 Å². The van der Waals surface area contributed by atoms with Gasteiger partial charge in [-0.05, 0) is 61.2 Å². The molecule has 0 saturated heterocycles. The van der Waals surface area contributed by atoms with E-state index in [4.69, 9.17) is 0 Å². The minimum absolute atomic E-state index is 0.246. The van der Waals surface area contributed by atoms with Gasteiger partial charge in [-0.3, -0.25) is 4.72 Å². The Bertz CT molecular complexity index is 1000. The quantitative estimate of drug-likeness (QED) is 0.645. The normalized spacial score (nSPS) is 11.2. The van der Waals surface area contributed by atoms with Crippen LogP contribution in [0.25, 0.3) is 0 Å². The molecule has 0 aliphatic carbocycles. The number of hydrogen-bond acceptors (Lipinski definition) is 4. The van der Waals surface area contributed by atoms with Crippen molar-refractivity contribution in [1.82, 2.24) is 4.98 Å². The lowest BCUT2D eigenvalue weighted by Gasteiger charge is -2.10. The zero-order valence-corrected chi connectivity index (χ0v) is 16.3. The molecule has 2 N–H and O–H groups in total. The molecule has 0 unspecified atom stereocenters. The first-order valence-corrected chi connectivity index (χ1v) is 10.3. The number of benzene rings is 2. The molecule has 0 amide bonds. The Labute approximate surface area is 160 Å². The Kier molecular flexibility index (Phi) is 5.76. The summed E-state index contributed by atoms with van der Waals surface area (Å²) in [4.78, 5) is 4.53. The molecular formula is C21H23N3O2S. The molecule has 0 fully saturated rings. The highest BCUT2D eigenvalue weighted by Crippen LogP contribution is 2.19. The van der Waals surface area contributed by atoms with Crippen LogP contribution in [0.2, 0.25) is 0 Å². The summed E-state index contributed by atoms with van der Waals surface area (Å²) in [5.41, 5.74) is 3.68. The number of hydrogen-bond donors (Lipinski definition) is 2. The average Bonchev–Trinajstić information content (AvgIpc) is 2.66. The summed E-state index contributed by atoms with van der Waals surface area (Å²) in [6.45, 7) is 4.60. The van der Waals surface area contributed by atoms with E-state index < -0.39 is 10.0 Å². The van der Waals surface area contributed by atoms with Crippen molar-refractivity contribution in [3.8, 4) is 0 Å². The van der Waals surface area contributed by atoms with E-state index in [0.29, 0.717) is 11.5 Å². The van der Waals surface area contributed by atoms with Crippen LogP contribution in [0.4, 0.5) is 11.5 Å². The van der Waals surface area contributed by atoms with Crippen LogP contribution >= 0.6 is 0 Å². The predicted octanol–water partition coefficient (Wildman–Crippen LogP) is 4.15. The second-order valence-electron chi connectivity index (χ2n) is 6.45. The van der Waals surface area contributed by atoms with Gasteiger partial charge in [0.05, 0.1) is 16.8 Å². The van der Waals surface area contributed by atoms with Crippen molar-refractivity contribution in [3.63, 3.8) is 0 Å². The number of aromatic nitrogens is 1. The van der Waals surface area contributed by atoms with Crippen LogP contribution in [0.1, 0.15) is 16.7 Å². The molecule has 0 aliphatic heterocycles. The fraction of sp³-hybridized carbons (Fsp3) is 0.190. The maximum atomic E-state index is 12.5. The summed E-state index contributed by atoms with van der Waals surface area (Å²) in [6, 6.07) is 18.8. The number of anilines is 2. The molecule has 1 heterocycles. The Morgan fingerprint density at radius 3 is 2.37 bits per heavy atom. The number of nitrogens with zero attached hydrogens (tertiary/aromatic N) is 1. The van der Waals surface area contributed by atoms with Crippen molar-refractivity contribution in [1.29, 1.82) is 0 Å². The highest BCUT2D eigenvalue weighted by Gasteiger charge is 2.15. The largest absolute Gasteiger partial charge is 0.370 e. The van der Waals surface area contributed by atoms with Gasteiger partial charge in [0.15, 0.2) is 0 Å². The topological polar surface area (TPSA) is 71.1 Å². The second-order valence-corrected chi connectivity index (χ2v) is 8.13. The first-order valence-electron chi connectivity index (χ1n) is 8.78. The molecule has 5 nitrogen and oxygen atoms in total. The molecule has 3 aromatic rings. The Morgan fingerprint density at radius 2 is 1.70 bits per heavy atom. The summed E-state index contributed by atoms with van der Waals surface area (Å²) in [5.74, 6) is 0.708. The Hall–Kier alpha value is -2.86. The molecule has 1 aromatic heterocycles. The van der Waals surface area contributed by atoms with E-state index in [2.05, 4.69) is 27.2 Å². The third kappa shape index (κ3) is 5.08. The number of rotatable bonds is 7. The van der Waals surface area contributed by atoms with Crippen LogP contribution in [0.15, 0.2) is 71.8 Å². The van der Waals surface area contributed by atoms with Crippen molar-refractivity contribution in [2.75, 3.05) is 16.6 Å². The van der Waals surface area contributed by atoms with E-state index in [1.165, 1.54) is 11.8 Å². The van der Waals surface area contributed by atoms with Crippen molar-refractivity contribution in [2.24, 2.45) is 0 Å². The summed E-state index contributed by atoms with van der Waals surface area (Å²) >= 11 is 0. The SMILES string of the molecule is Cc1ccc(S(=O)(=O)Nc2ccc(NCCc3ccccc3)nc2)cc1C. The van der Waals surface area contributed by atoms with E-state index >= 15 is 0 Å². The minimum atomic E-state index is -3.63. The van der Waals surface area contributed by atoms with Gasteiger partial charge in [0.2, 0.25) is 0 Å². The standard InChI is InChI=1S/C21H23N3O2S/c1-16-8-10-20(14-17(16)2)27(25,26)24-19-9-11-21(23-15-19)22-13-12-18-6-4-3-5-7-18/h3-11,14-15,24H,12-13H2,1-2H3,(H,22,23). The lowest BCUT2D eigenvalue weighted by atomic mass is 10.1. The Balaban J connectivity index is 1.60. The number of aryl methyl sites for hydroxylation is 2. The molecule has 0 atom stereocenters. The molecule has 27 heavy (non-hydrogen) atoms. The highest BCUT2D eigenvalue weighted by atomic mass is 32.2. The second kappa shape index (κ2) is 8.22. The average molecular weight is 382 g/mol. The van der Waals surface area contributed by atoms with Crippen LogP contribution in [-0.2, 0) is 16.4 Å². The lowest BCUT2D eigenvalue weighted by Crippen LogP contribution is -2.13. The first kappa shape index (κ1) is 18.9. The summed E-state index contributed by atoms with van der Waals surface area (Å²) in [7, 11) is -3.63. The third-order valence-electron chi connectivity index (χ3n) is 4.37. The van der Waals surface area contributed by atoms with Gasteiger partial charge in [0.25, 0.3) is 10.0 Å². The van der Waals surface area contributed by atoms with Gasteiger partial charge in [-0.1, -0.05) is 36.4 Å². The fourth-order valence-corrected chi connectivity index (χ4v) is 3.76. The van der Waals surface area contributed by atoms with E-state index in [-0.39, 0.29) is 4.90 Å². The van der Waals surface area contributed by atoms with E-state index in [1.807, 2.05) is 38.1 Å². The van der Waals surface area contributed by atoms with Gasteiger partial charge in [-0.15, -0.1) is 0 Å². The van der Waals surface area contributed by atoms with E-state index in [9.17, 15) is 8.42 Å². The van der Waals surface area contributed by atoms with Crippen molar-refractivity contribution in [3.05, 3.63) is 83.6 Å². The molecule has 6 heteroatoms. The molecule has 0 saturated carbocycles. The summed E-state index contributed by atoms with van der Waals surface area (Å²) in [6.07, 6.45) is 2.41. The minimum Gasteiger partial charge on any atom is -0.370 e. The van der Waals surface area contributed by atoms with Crippen LogP contribution < -0.4 is 10.0 Å². The maximum Gasteiger partial charge on any atom is 0.261 e. The summed E-state index contributed by atoms with van der Waals surface area (Å²) in [5, 5.41) is 3.24. The molecule has 0 spiro atoms. The number of nitrogens with one attached hydrogen (secondary N) is 2. The monoisotopic (exact) mass is 381 g/mol. The van der Waals surface area contributed by atoms with Gasteiger partial charge < -0.3 is 5.32 Å². The maximum absolute atomic E-state index is 12.5. The van der Waals surface area contributed by atoms with Crippen molar-refractivity contribution < 1.29 is 8.42 Å². The van der Waals surface area contributed by atoms with E-state index in [1.54, 1.807) is 24.3 Å². The lowest BCUT2D eigenvalue weighted by molar-refractivity contribution is 0.601. The van der Waals surface area contributed by atoms with Crippen LogP contribution in [0.3, 0.4) is 0 Å². The predicted molar refractivity (Wildman–Crippen MR) is 110 cm³/mol. The molecule has 0 bridgehead atoms. The van der Waals surface area contributed by atoms with Gasteiger partial charge in [0, 0.05) is 6.54 Å². The molecular weight excluding hydrogens is 358 g/mol. The van der Waals surface area contributed by atoms with Crippen molar-refractivity contribution in [2.45, 2.75) is 25.2 Å². The van der Waals surface area contributed by atoms with Gasteiger partial charge in [-0.2, -0.15) is 0 Å². The molecule has 3 rings (SSSR count). The fourth-order valence-electron chi connectivity index (χ4n) is 2.63. The highest BCUT2D eigenvalue weighted by molar-refractivity contribution is 7.92. The van der Waals surface area contributed by atoms with Gasteiger partial charge >= 0.3 is 0 Å². The molecule has 140 valence electrons. The molecule has 2 aromatic carbocycles. The zero-order chi connectivity index (χ0) is 19.3. The zero-order valence-electron chi connectivity index (χ0n) is 15.4. The van der Waals surface area contributed by atoms with Crippen molar-refractivity contribution >= 4 is 21.5 Å². The first-order chi connectivity index (χ1) is 12.9. The number of sulfonamides is 1. The third-order valence-corrected chi connectivity index (χ3v) is 5.75. The summed E-state index contributed by atoms with van der Waals surface area (Å²) < 4.78 is 27.6. The Morgan fingerprint density at radius 1 is 0.926 bits per heavy atom. The van der Waals surface area contributed by atoms with Gasteiger partial charge in [0.1, 0.15) is 5.82 Å². The van der Waals surface area contributed by atoms with Crippen LogP contribution in [0, 0.1) is 13.8 Å². The smallest absolute Gasteiger partial charge is 0.261 e. The number of pyridine rings is 1.